The Morgan fingerprint density at radius 2 is 1.66 bits per heavy atom. The van der Waals surface area contributed by atoms with Crippen LogP contribution in [0.5, 0.6) is 0 Å². The second-order valence-electron chi connectivity index (χ2n) is 8.30. The van der Waals surface area contributed by atoms with Crippen LogP contribution in [0.3, 0.4) is 0 Å². The lowest BCUT2D eigenvalue weighted by atomic mass is 9.90. The standard InChI is InChI=1S/C26H31N3O2S/c1-16(2)12-24-22(14-28)25(19-6-4-18(13-27)5-7-19)23(17(3)29-24)15-32-21-10-8-20(9-11-21)26(30)31/h4-11,16H,12-15,27-28H2,1-3H3,(H,30,31). The molecule has 0 aliphatic carbocycles. The Morgan fingerprint density at radius 1 is 1.00 bits per heavy atom. The summed E-state index contributed by atoms with van der Waals surface area (Å²) in [7, 11) is 0. The molecule has 0 bridgehead atoms. The van der Waals surface area contributed by atoms with Crippen molar-refractivity contribution < 1.29 is 9.90 Å². The molecule has 0 amide bonds. The highest BCUT2D eigenvalue weighted by Gasteiger charge is 2.19. The topological polar surface area (TPSA) is 102 Å². The van der Waals surface area contributed by atoms with Crippen LogP contribution in [0.2, 0.25) is 0 Å². The Kier molecular flexibility index (Phi) is 8.07. The second kappa shape index (κ2) is 10.8. The maximum Gasteiger partial charge on any atom is 0.335 e. The minimum atomic E-state index is -0.918. The summed E-state index contributed by atoms with van der Waals surface area (Å²) in [6.07, 6.45) is 0.880. The Labute approximate surface area is 194 Å². The molecule has 1 heterocycles. The molecular formula is C26H31N3O2S. The van der Waals surface area contributed by atoms with Gasteiger partial charge >= 0.3 is 5.97 Å². The lowest BCUT2D eigenvalue weighted by Gasteiger charge is -2.21. The van der Waals surface area contributed by atoms with Crippen LogP contribution >= 0.6 is 11.8 Å². The maximum absolute atomic E-state index is 11.1. The first kappa shape index (κ1) is 24.0. The van der Waals surface area contributed by atoms with E-state index in [2.05, 4.69) is 45.0 Å². The zero-order valence-electron chi connectivity index (χ0n) is 18.9. The average Bonchev–Trinajstić information content (AvgIpc) is 2.78. The van der Waals surface area contributed by atoms with Gasteiger partial charge in [-0.2, -0.15) is 0 Å². The van der Waals surface area contributed by atoms with Gasteiger partial charge in [0.2, 0.25) is 0 Å². The van der Waals surface area contributed by atoms with Crippen molar-refractivity contribution >= 4 is 17.7 Å². The fourth-order valence-electron chi connectivity index (χ4n) is 3.80. The summed E-state index contributed by atoms with van der Waals surface area (Å²) >= 11 is 1.67. The first-order valence-electron chi connectivity index (χ1n) is 10.8. The fraction of sp³-hybridized carbons (Fsp3) is 0.308. The SMILES string of the molecule is Cc1nc(CC(C)C)c(CN)c(-c2ccc(CN)cc2)c1CSc1ccc(C(=O)O)cc1. The minimum Gasteiger partial charge on any atom is -0.478 e. The van der Waals surface area contributed by atoms with Crippen molar-refractivity contribution in [3.05, 3.63) is 82.2 Å². The number of carbonyl (C=O) groups is 1. The molecule has 168 valence electrons. The van der Waals surface area contributed by atoms with Crippen LogP contribution in [0, 0.1) is 12.8 Å². The van der Waals surface area contributed by atoms with E-state index < -0.39 is 5.97 Å². The van der Waals surface area contributed by atoms with E-state index in [-0.39, 0.29) is 5.56 Å². The van der Waals surface area contributed by atoms with Crippen molar-refractivity contribution in [1.29, 1.82) is 0 Å². The Morgan fingerprint density at radius 3 is 2.19 bits per heavy atom. The average molecular weight is 450 g/mol. The highest BCUT2D eigenvalue weighted by atomic mass is 32.2. The monoisotopic (exact) mass is 449 g/mol. The number of benzene rings is 2. The molecule has 3 rings (SSSR count). The summed E-state index contributed by atoms with van der Waals surface area (Å²) in [6, 6.07) is 15.3. The number of aromatic carboxylic acids is 1. The molecule has 3 aromatic rings. The van der Waals surface area contributed by atoms with Crippen molar-refractivity contribution in [3.63, 3.8) is 0 Å². The van der Waals surface area contributed by atoms with Gasteiger partial charge in [0.15, 0.2) is 0 Å². The van der Waals surface area contributed by atoms with Gasteiger partial charge in [-0.1, -0.05) is 38.1 Å². The molecule has 0 radical (unpaired) electrons. The molecule has 6 heteroatoms. The molecule has 0 fully saturated rings. The number of nitrogens with zero attached hydrogens (tertiary/aromatic N) is 1. The molecule has 5 N–H and O–H groups in total. The van der Waals surface area contributed by atoms with Crippen LogP contribution in [0.25, 0.3) is 11.1 Å². The molecule has 0 atom stereocenters. The van der Waals surface area contributed by atoms with Crippen LogP contribution in [-0.4, -0.2) is 16.1 Å². The smallest absolute Gasteiger partial charge is 0.335 e. The van der Waals surface area contributed by atoms with Crippen molar-refractivity contribution in [1.82, 2.24) is 4.98 Å². The maximum atomic E-state index is 11.1. The number of hydrogen-bond acceptors (Lipinski definition) is 5. The molecule has 0 aliphatic rings. The van der Waals surface area contributed by atoms with Crippen molar-refractivity contribution in [2.75, 3.05) is 0 Å². The van der Waals surface area contributed by atoms with Gasteiger partial charge in [-0.05, 0) is 71.3 Å². The lowest BCUT2D eigenvalue weighted by Crippen LogP contribution is -2.13. The third-order valence-electron chi connectivity index (χ3n) is 5.46. The largest absolute Gasteiger partial charge is 0.478 e. The number of pyridine rings is 1. The van der Waals surface area contributed by atoms with Crippen LogP contribution in [0.15, 0.2) is 53.4 Å². The van der Waals surface area contributed by atoms with E-state index in [1.807, 2.05) is 12.1 Å². The molecule has 0 spiro atoms. The Bertz CT molecular complexity index is 1080. The molecule has 32 heavy (non-hydrogen) atoms. The first-order valence-corrected chi connectivity index (χ1v) is 11.8. The van der Waals surface area contributed by atoms with E-state index in [0.29, 0.717) is 24.8 Å². The normalized spacial score (nSPS) is 11.2. The van der Waals surface area contributed by atoms with E-state index in [0.717, 1.165) is 50.5 Å². The molecule has 5 nitrogen and oxygen atoms in total. The number of aromatic nitrogens is 1. The second-order valence-corrected chi connectivity index (χ2v) is 9.35. The van der Waals surface area contributed by atoms with Crippen LogP contribution in [0.4, 0.5) is 0 Å². The highest BCUT2D eigenvalue weighted by molar-refractivity contribution is 7.98. The number of nitrogens with two attached hydrogens (primary N) is 2. The molecule has 0 aliphatic heterocycles. The third-order valence-corrected chi connectivity index (χ3v) is 6.50. The predicted octanol–water partition coefficient (Wildman–Crippen LogP) is 5.16. The van der Waals surface area contributed by atoms with Gasteiger partial charge in [-0.3, -0.25) is 4.98 Å². The van der Waals surface area contributed by atoms with Gasteiger partial charge in [-0.15, -0.1) is 11.8 Å². The van der Waals surface area contributed by atoms with Crippen molar-refractivity contribution in [2.45, 2.75) is 50.9 Å². The number of thioether (sulfide) groups is 1. The van der Waals surface area contributed by atoms with E-state index in [1.54, 1.807) is 23.9 Å². The molecule has 2 aromatic carbocycles. The van der Waals surface area contributed by atoms with E-state index in [1.165, 1.54) is 0 Å². The number of rotatable bonds is 9. The van der Waals surface area contributed by atoms with Gasteiger partial charge < -0.3 is 16.6 Å². The lowest BCUT2D eigenvalue weighted by molar-refractivity contribution is 0.0697. The molecule has 0 saturated carbocycles. The summed E-state index contributed by atoms with van der Waals surface area (Å²) in [5, 5.41) is 9.13. The van der Waals surface area contributed by atoms with Crippen molar-refractivity contribution in [3.8, 4) is 11.1 Å². The van der Waals surface area contributed by atoms with E-state index in [4.69, 9.17) is 21.6 Å². The van der Waals surface area contributed by atoms with Crippen molar-refractivity contribution in [2.24, 2.45) is 17.4 Å². The number of aryl methyl sites for hydroxylation is 1. The summed E-state index contributed by atoms with van der Waals surface area (Å²) in [5.41, 5.74) is 20.1. The summed E-state index contributed by atoms with van der Waals surface area (Å²) < 4.78 is 0. The van der Waals surface area contributed by atoms with Crippen LogP contribution < -0.4 is 11.5 Å². The van der Waals surface area contributed by atoms with E-state index in [9.17, 15) is 4.79 Å². The van der Waals surface area contributed by atoms with Gasteiger partial charge in [0.05, 0.1) is 5.56 Å². The van der Waals surface area contributed by atoms with Gasteiger partial charge in [0, 0.05) is 35.1 Å². The highest BCUT2D eigenvalue weighted by Crippen LogP contribution is 2.36. The zero-order chi connectivity index (χ0) is 23.3. The fourth-order valence-corrected chi connectivity index (χ4v) is 4.79. The zero-order valence-corrected chi connectivity index (χ0v) is 19.7. The van der Waals surface area contributed by atoms with Gasteiger partial charge in [0.25, 0.3) is 0 Å². The number of carboxylic acids is 1. The molecular weight excluding hydrogens is 418 g/mol. The van der Waals surface area contributed by atoms with Gasteiger partial charge in [-0.25, -0.2) is 4.79 Å². The predicted molar refractivity (Wildman–Crippen MR) is 132 cm³/mol. The van der Waals surface area contributed by atoms with Crippen LogP contribution in [-0.2, 0) is 25.3 Å². The Hall–Kier alpha value is -2.67. The van der Waals surface area contributed by atoms with E-state index >= 15 is 0 Å². The number of carboxylic acid groups (broad SMARTS) is 1. The summed E-state index contributed by atoms with van der Waals surface area (Å²) in [6.45, 7) is 7.38. The Balaban J connectivity index is 2.05. The summed E-state index contributed by atoms with van der Waals surface area (Å²) in [5.74, 6) is 0.277. The summed E-state index contributed by atoms with van der Waals surface area (Å²) in [4.78, 5) is 17.1. The van der Waals surface area contributed by atoms with Gasteiger partial charge in [0.1, 0.15) is 0 Å². The minimum absolute atomic E-state index is 0.288. The van der Waals surface area contributed by atoms with Crippen LogP contribution in [0.1, 0.15) is 52.3 Å². The quantitative estimate of drug-likeness (QED) is 0.390. The molecule has 0 unspecified atom stereocenters. The third kappa shape index (κ3) is 5.57. The first-order chi connectivity index (χ1) is 15.3. The number of hydrogen-bond donors (Lipinski definition) is 3. The molecule has 0 saturated heterocycles. The molecule has 1 aromatic heterocycles.